The molecule has 0 atom stereocenters. The van der Waals surface area contributed by atoms with Crippen LogP contribution in [0.3, 0.4) is 0 Å². The highest BCUT2D eigenvalue weighted by molar-refractivity contribution is 7.92. The molecule has 5 nitrogen and oxygen atoms in total. The number of nitrogens with zero attached hydrogens (tertiary/aromatic N) is 1. The first-order valence-electron chi connectivity index (χ1n) is 5.45. The van der Waals surface area contributed by atoms with Gasteiger partial charge in [-0.05, 0) is 24.3 Å². The van der Waals surface area contributed by atoms with Crippen molar-refractivity contribution >= 4 is 33.0 Å². The Labute approximate surface area is 116 Å². The fourth-order valence-electron chi connectivity index (χ4n) is 1.53. The lowest BCUT2D eigenvalue weighted by Crippen LogP contribution is -2.16. The number of sulfonamides is 1. The number of halogens is 1. The number of rotatable bonds is 4. The SMILES string of the molecule is CNc1cccnc1S(=O)(=O)Nc1ccccc1Cl. The Balaban J connectivity index is 2.41. The van der Waals surface area contributed by atoms with Crippen LogP contribution in [0.5, 0.6) is 0 Å². The van der Waals surface area contributed by atoms with Crippen molar-refractivity contribution in [1.29, 1.82) is 0 Å². The molecule has 0 unspecified atom stereocenters. The van der Waals surface area contributed by atoms with E-state index in [-0.39, 0.29) is 5.03 Å². The zero-order chi connectivity index (χ0) is 13.9. The van der Waals surface area contributed by atoms with Gasteiger partial charge in [-0.3, -0.25) is 4.72 Å². The van der Waals surface area contributed by atoms with Crippen molar-refractivity contribution in [3.63, 3.8) is 0 Å². The summed E-state index contributed by atoms with van der Waals surface area (Å²) < 4.78 is 26.9. The summed E-state index contributed by atoms with van der Waals surface area (Å²) in [7, 11) is -2.16. The maximum absolute atomic E-state index is 12.3. The van der Waals surface area contributed by atoms with E-state index < -0.39 is 10.0 Å². The van der Waals surface area contributed by atoms with E-state index in [2.05, 4.69) is 15.0 Å². The van der Waals surface area contributed by atoms with Crippen LogP contribution in [0.4, 0.5) is 11.4 Å². The second-order valence-corrected chi connectivity index (χ2v) is 5.70. The minimum absolute atomic E-state index is 0.0718. The molecule has 0 aliphatic heterocycles. The molecule has 0 bridgehead atoms. The second kappa shape index (κ2) is 5.46. The van der Waals surface area contributed by atoms with Gasteiger partial charge in [0.1, 0.15) is 0 Å². The summed E-state index contributed by atoms with van der Waals surface area (Å²) in [6, 6.07) is 9.90. The molecule has 2 rings (SSSR count). The average Bonchev–Trinajstić information content (AvgIpc) is 2.41. The van der Waals surface area contributed by atoms with Crippen LogP contribution in [0.1, 0.15) is 0 Å². The van der Waals surface area contributed by atoms with Gasteiger partial charge < -0.3 is 5.32 Å². The van der Waals surface area contributed by atoms with Gasteiger partial charge in [0.25, 0.3) is 10.0 Å². The molecule has 2 aromatic rings. The van der Waals surface area contributed by atoms with Crippen LogP contribution in [0.25, 0.3) is 0 Å². The number of pyridine rings is 1. The van der Waals surface area contributed by atoms with Gasteiger partial charge in [-0.1, -0.05) is 23.7 Å². The molecule has 100 valence electrons. The van der Waals surface area contributed by atoms with Crippen molar-refractivity contribution in [2.45, 2.75) is 5.03 Å². The zero-order valence-corrected chi connectivity index (χ0v) is 11.7. The van der Waals surface area contributed by atoms with Crippen LogP contribution in [-0.2, 0) is 10.0 Å². The fraction of sp³-hybridized carbons (Fsp3) is 0.0833. The van der Waals surface area contributed by atoms with E-state index in [1.165, 1.54) is 6.20 Å². The van der Waals surface area contributed by atoms with E-state index in [9.17, 15) is 8.42 Å². The van der Waals surface area contributed by atoms with Gasteiger partial charge in [0.05, 0.1) is 16.4 Å². The maximum atomic E-state index is 12.3. The van der Waals surface area contributed by atoms with Crippen LogP contribution in [0.15, 0.2) is 47.6 Å². The van der Waals surface area contributed by atoms with E-state index in [0.717, 1.165) is 0 Å². The molecule has 19 heavy (non-hydrogen) atoms. The van der Waals surface area contributed by atoms with Crippen molar-refractivity contribution in [3.8, 4) is 0 Å². The smallest absolute Gasteiger partial charge is 0.281 e. The minimum Gasteiger partial charge on any atom is -0.386 e. The second-order valence-electron chi connectivity index (χ2n) is 3.69. The van der Waals surface area contributed by atoms with Gasteiger partial charge in [-0.2, -0.15) is 8.42 Å². The first-order chi connectivity index (χ1) is 9.04. The van der Waals surface area contributed by atoms with Gasteiger partial charge in [-0.25, -0.2) is 4.98 Å². The number of nitrogens with one attached hydrogen (secondary N) is 2. The molecule has 0 saturated carbocycles. The van der Waals surface area contributed by atoms with Crippen molar-refractivity contribution in [3.05, 3.63) is 47.6 Å². The average molecular weight is 298 g/mol. The Bertz CT molecular complexity index is 689. The number of para-hydroxylation sites is 1. The zero-order valence-electron chi connectivity index (χ0n) is 10.1. The summed E-state index contributed by atoms with van der Waals surface area (Å²) in [4.78, 5) is 3.89. The van der Waals surface area contributed by atoms with E-state index in [1.807, 2.05) is 0 Å². The van der Waals surface area contributed by atoms with Crippen LogP contribution in [0.2, 0.25) is 5.02 Å². The highest BCUT2D eigenvalue weighted by Gasteiger charge is 2.20. The molecular formula is C12H12ClN3O2S. The number of hydrogen-bond donors (Lipinski definition) is 2. The molecule has 0 aliphatic carbocycles. The van der Waals surface area contributed by atoms with E-state index in [4.69, 9.17) is 11.6 Å². The molecule has 1 aromatic heterocycles. The quantitative estimate of drug-likeness (QED) is 0.910. The first kappa shape index (κ1) is 13.6. The summed E-state index contributed by atoms with van der Waals surface area (Å²) in [5, 5.41) is 3.04. The molecule has 0 aliphatic rings. The highest BCUT2D eigenvalue weighted by Crippen LogP contribution is 2.25. The van der Waals surface area contributed by atoms with Crippen molar-refractivity contribution in [2.24, 2.45) is 0 Å². The molecule has 0 amide bonds. The monoisotopic (exact) mass is 297 g/mol. The largest absolute Gasteiger partial charge is 0.386 e. The summed E-state index contributed by atoms with van der Waals surface area (Å²) in [6.07, 6.45) is 1.42. The third-order valence-electron chi connectivity index (χ3n) is 2.41. The summed E-state index contributed by atoms with van der Waals surface area (Å²) in [5.74, 6) is 0. The molecule has 0 saturated heterocycles. The van der Waals surface area contributed by atoms with Gasteiger partial charge in [0, 0.05) is 13.2 Å². The van der Waals surface area contributed by atoms with E-state index >= 15 is 0 Å². The van der Waals surface area contributed by atoms with Gasteiger partial charge in [0.15, 0.2) is 5.03 Å². The topological polar surface area (TPSA) is 71.1 Å². The first-order valence-corrected chi connectivity index (χ1v) is 7.31. The Morgan fingerprint density at radius 1 is 1.11 bits per heavy atom. The maximum Gasteiger partial charge on any atom is 0.281 e. The van der Waals surface area contributed by atoms with Gasteiger partial charge >= 0.3 is 0 Å². The normalized spacial score (nSPS) is 11.1. The Kier molecular flexibility index (Phi) is 3.92. The number of hydrogen-bond acceptors (Lipinski definition) is 4. The molecule has 2 N–H and O–H groups in total. The molecule has 0 fully saturated rings. The minimum atomic E-state index is -3.79. The molecule has 1 heterocycles. The van der Waals surface area contributed by atoms with Crippen LogP contribution >= 0.6 is 11.6 Å². The summed E-state index contributed by atoms with van der Waals surface area (Å²) in [6.45, 7) is 0. The molecular weight excluding hydrogens is 286 g/mol. The lowest BCUT2D eigenvalue weighted by atomic mass is 10.3. The van der Waals surface area contributed by atoms with E-state index in [1.54, 1.807) is 43.4 Å². The van der Waals surface area contributed by atoms with Crippen LogP contribution in [-0.4, -0.2) is 20.4 Å². The predicted molar refractivity (Wildman–Crippen MR) is 76.0 cm³/mol. The molecule has 0 spiro atoms. The standard InChI is InChI=1S/C12H12ClN3O2S/c1-14-11-7-4-8-15-12(11)19(17,18)16-10-6-3-2-5-9(10)13/h2-8,14,16H,1H3. The van der Waals surface area contributed by atoms with Gasteiger partial charge in [-0.15, -0.1) is 0 Å². The number of anilines is 2. The lowest BCUT2D eigenvalue weighted by molar-refractivity contribution is 0.598. The number of aromatic nitrogens is 1. The summed E-state index contributed by atoms with van der Waals surface area (Å²) in [5.41, 5.74) is 0.735. The van der Waals surface area contributed by atoms with Gasteiger partial charge in [0.2, 0.25) is 0 Å². The molecule has 7 heteroatoms. The fourth-order valence-corrected chi connectivity index (χ4v) is 2.99. The van der Waals surface area contributed by atoms with E-state index in [0.29, 0.717) is 16.4 Å². The summed E-state index contributed by atoms with van der Waals surface area (Å²) >= 11 is 5.93. The third kappa shape index (κ3) is 2.97. The van der Waals surface area contributed by atoms with Crippen LogP contribution < -0.4 is 10.0 Å². The lowest BCUT2D eigenvalue weighted by Gasteiger charge is -2.11. The Morgan fingerprint density at radius 3 is 2.47 bits per heavy atom. The highest BCUT2D eigenvalue weighted by atomic mass is 35.5. The Hall–Kier alpha value is -1.79. The third-order valence-corrected chi connectivity index (χ3v) is 4.07. The van der Waals surface area contributed by atoms with Crippen molar-refractivity contribution < 1.29 is 8.42 Å². The van der Waals surface area contributed by atoms with Crippen molar-refractivity contribution in [2.75, 3.05) is 17.1 Å². The number of benzene rings is 1. The predicted octanol–water partition coefficient (Wildman–Crippen LogP) is 2.58. The molecule has 1 aromatic carbocycles. The van der Waals surface area contributed by atoms with Crippen LogP contribution in [0, 0.1) is 0 Å². The molecule has 0 radical (unpaired) electrons. The van der Waals surface area contributed by atoms with Crippen molar-refractivity contribution in [1.82, 2.24) is 4.98 Å². The Morgan fingerprint density at radius 2 is 1.79 bits per heavy atom.